The van der Waals surface area contributed by atoms with E-state index >= 15 is 0 Å². The van der Waals surface area contributed by atoms with Gasteiger partial charge in [0.05, 0.1) is 18.7 Å². The quantitative estimate of drug-likeness (QED) is 0.617. The van der Waals surface area contributed by atoms with Gasteiger partial charge in [-0.25, -0.2) is 14.8 Å². The molecule has 1 fully saturated rings. The number of methoxy groups -OCH3 is 1. The molecule has 27 heavy (non-hydrogen) atoms. The van der Waals surface area contributed by atoms with Gasteiger partial charge in [-0.15, -0.1) is 11.3 Å². The zero-order valence-corrected chi connectivity index (χ0v) is 15.8. The Morgan fingerprint density at radius 1 is 1.41 bits per heavy atom. The Morgan fingerprint density at radius 3 is 3.00 bits per heavy atom. The van der Waals surface area contributed by atoms with Crippen LogP contribution in [0.1, 0.15) is 11.3 Å². The number of pyridine rings is 1. The first-order valence-corrected chi connectivity index (χ1v) is 9.37. The van der Waals surface area contributed by atoms with Crippen LogP contribution in [0.3, 0.4) is 0 Å². The topological polar surface area (TPSA) is 106 Å². The molecule has 2 aromatic rings. The van der Waals surface area contributed by atoms with Crippen molar-refractivity contribution < 1.29 is 19.1 Å². The van der Waals surface area contributed by atoms with E-state index in [1.165, 1.54) is 11.3 Å². The molecule has 1 saturated heterocycles. The van der Waals surface area contributed by atoms with Crippen LogP contribution >= 0.6 is 11.3 Å². The second kappa shape index (κ2) is 9.28. The Bertz CT molecular complexity index is 780. The van der Waals surface area contributed by atoms with Gasteiger partial charge in [0.15, 0.2) is 5.13 Å². The summed E-state index contributed by atoms with van der Waals surface area (Å²) >= 11 is 1.36. The van der Waals surface area contributed by atoms with Crippen LogP contribution in [0.2, 0.25) is 0 Å². The predicted octanol–water partition coefficient (Wildman–Crippen LogP) is 0.952. The monoisotopic (exact) mass is 391 g/mol. The molecule has 1 aliphatic heterocycles. The minimum Gasteiger partial charge on any atom is -0.475 e. The van der Waals surface area contributed by atoms with Crippen molar-refractivity contribution in [3.05, 3.63) is 35.0 Å². The standard InChI is InChI=1S/C17H21N5O4S/c1-25-6-7-26-15-3-2-12(10-20-15)9-19-14(23)8-13-11-27-17(21-13)22-5-4-18-16(22)24/h2-3,10-11H,4-9H2,1H3,(H,18,24)(H,19,23). The molecule has 0 spiro atoms. The number of ether oxygens (including phenoxy) is 2. The minimum absolute atomic E-state index is 0.141. The van der Waals surface area contributed by atoms with Crippen molar-refractivity contribution in [2.24, 2.45) is 0 Å². The van der Waals surface area contributed by atoms with E-state index in [1.54, 1.807) is 29.7 Å². The molecule has 3 rings (SSSR count). The highest BCUT2D eigenvalue weighted by Gasteiger charge is 2.24. The lowest BCUT2D eigenvalue weighted by molar-refractivity contribution is -0.120. The Kier molecular flexibility index (Phi) is 6.55. The van der Waals surface area contributed by atoms with Crippen molar-refractivity contribution in [2.75, 3.05) is 38.3 Å². The third kappa shape index (κ3) is 5.38. The van der Waals surface area contributed by atoms with Gasteiger partial charge in [0, 0.05) is 44.4 Å². The second-order valence-corrected chi connectivity index (χ2v) is 6.64. The zero-order chi connectivity index (χ0) is 19.1. The summed E-state index contributed by atoms with van der Waals surface area (Å²) in [5, 5.41) is 7.98. The summed E-state index contributed by atoms with van der Waals surface area (Å²) < 4.78 is 10.3. The SMILES string of the molecule is COCCOc1ccc(CNC(=O)Cc2csc(N3CCNC3=O)n2)cn1. The second-order valence-electron chi connectivity index (χ2n) is 5.80. The molecule has 0 aliphatic carbocycles. The predicted molar refractivity (Wildman–Crippen MR) is 100 cm³/mol. The zero-order valence-electron chi connectivity index (χ0n) is 14.9. The molecule has 3 amide bonds. The Labute approximate surface area is 160 Å². The third-order valence-corrected chi connectivity index (χ3v) is 4.71. The summed E-state index contributed by atoms with van der Waals surface area (Å²) in [7, 11) is 1.61. The lowest BCUT2D eigenvalue weighted by Gasteiger charge is -2.08. The average molecular weight is 391 g/mol. The molecule has 0 atom stereocenters. The van der Waals surface area contributed by atoms with E-state index in [0.29, 0.717) is 49.6 Å². The summed E-state index contributed by atoms with van der Waals surface area (Å²) in [6.45, 7) is 2.51. The Morgan fingerprint density at radius 2 is 2.30 bits per heavy atom. The number of aromatic nitrogens is 2. The molecule has 9 nitrogen and oxygen atoms in total. The molecular formula is C17H21N5O4S. The number of thiazole rings is 1. The summed E-state index contributed by atoms with van der Waals surface area (Å²) in [5.74, 6) is 0.376. The number of nitrogens with one attached hydrogen (secondary N) is 2. The fourth-order valence-electron chi connectivity index (χ4n) is 2.41. The summed E-state index contributed by atoms with van der Waals surface area (Å²) in [4.78, 5) is 33.9. The number of nitrogens with zero attached hydrogens (tertiary/aromatic N) is 3. The van der Waals surface area contributed by atoms with Gasteiger partial charge in [-0.2, -0.15) is 0 Å². The van der Waals surface area contributed by atoms with Crippen LogP contribution in [-0.2, 0) is 22.5 Å². The molecule has 0 unspecified atom stereocenters. The summed E-state index contributed by atoms with van der Waals surface area (Å²) in [5.41, 5.74) is 1.52. The average Bonchev–Trinajstić information content (AvgIpc) is 3.30. The van der Waals surface area contributed by atoms with Gasteiger partial charge < -0.3 is 20.1 Å². The number of rotatable bonds is 9. The van der Waals surface area contributed by atoms with Crippen LogP contribution in [0.15, 0.2) is 23.7 Å². The van der Waals surface area contributed by atoms with Gasteiger partial charge in [-0.1, -0.05) is 6.07 Å². The molecule has 0 radical (unpaired) electrons. The fraction of sp³-hybridized carbons (Fsp3) is 0.412. The van der Waals surface area contributed by atoms with E-state index < -0.39 is 0 Å². The lowest BCUT2D eigenvalue weighted by Crippen LogP contribution is -2.27. The Balaban J connectivity index is 1.44. The smallest absolute Gasteiger partial charge is 0.323 e. The lowest BCUT2D eigenvalue weighted by atomic mass is 10.2. The number of hydrogen-bond acceptors (Lipinski definition) is 7. The van der Waals surface area contributed by atoms with E-state index in [0.717, 1.165) is 5.56 Å². The van der Waals surface area contributed by atoms with Crippen LogP contribution in [0.5, 0.6) is 5.88 Å². The highest BCUT2D eigenvalue weighted by molar-refractivity contribution is 7.14. The van der Waals surface area contributed by atoms with Crippen molar-refractivity contribution in [1.29, 1.82) is 0 Å². The van der Waals surface area contributed by atoms with Crippen molar-refractivity contribution in [3.8, 4) is 5.88 Å². The first kappa shape index (κ1) is 19.1. The molecule has 2 N–H and O–H groups in total. The summed E-state index contributed by atoms with van der Waals surface area (Å²) in [6.07, 6.45) is 1.83. The number of carbonyl (C=O) groups is 2. The molecule has 10 heteroatoms. The first-order valence-electron chi connectivity index (χ1n) is 8.49. The maximum absolute atomic E-state index is 12.1. The van der Waals surface area contributed by atoms with Crippen molar-refractivity contribution in [1.82, 2.24) is 20.6 Å². The van der Waals surface area contributed by atoms with E-state index in [9.17, 15) is 9.59 Å². The van der Waals surface area contributed by atoms with Gasteiger partial charge in [0.1, 0.15) is 6.61 Å². The fourth-order valence-corrected chi connectivity index (χ4v) is 3.26. The van der Waals surface area contributed by atoms with E-state index in [4.69, 9.17) is 9.47 Å². The van der Waals surface area contributed by atoms with Gasteiger partial charge in [0.2, 0.25) is 11.8 Å². The molecule has 3 heterocycles. The normalized spacial score (nSPS) is 13.5. The van der Waals surface area contributed by atoms with Crippen molar-refractivity contribution >= 4 is 28.4 Å². The first-order chi connectivity index (χ1) is 13.2. The number of amides is 3. The number of hydrogen-bond donors (Lipinski definition) is 2. The molecule has 0 saturated carbocycles. The van der Waals surface area contributed by atoms with Crippen LogP contribution < -0.4 is 20.3 Å². The van der Waals surface area contributed by atoms with Crippen molar-refractivity contribution in [2.45, 2.75) is 13.0 Å². The van der Waals surface area contributed by atoms with Crippen LogP contribution in [-0.4, -0.2) is 55.3 Å². The highest BCUT2D eigenvalue weighted by Crippen LogP contribution is 2.22. The maximum atomic E-state index is 12.1. The van der Waals surface area contributed by atoms with Gasteiger partial charge in [-0.3, -0.25) is 9.69 Å². The van der Waals surface area contributed by atoms with Gasteiger partial charge >= 0.3 is 6.03 Å². The molecule has 0 bridgehead atoms. The Hall–Kier alpha value is -2.72. The maximum Gasteiger partial charge on any atom is 0.323 e. The number of urea groups is 1. The van der Waals surface area contributed by atoms with Crippen LogP contribution in [0, 0.1) is 0 Å². The van der Waals surface area contributed by atoms with Crippen LogP contribution in [0.25, 0.3) is 0 Å². The molecule has 2 aromatic heterocycles. The van der Waals surface area contributed by atoms with E-state index in [1.807, 2.05) is 6.07 Å². The minimum atomic E-state index is -0.150. The molecule has 144 valence electrons. The molecule has 0 aromatic carbocycles. The third-order valence-electron chi connectivity index (χ3n) is 3.79. The number of anilines is 1. The van der Waals surface area contributed by atoms with Crippen LogP contribution in [0.4, 0.5) is 9.93 Å². The van der Waals surface area contributed by atoms with Crippen molar-refractivity contribution in [3.63, 3.8) is 0 Å². The summed E-state index contributed by atoms with van der Waals surface area (Å²) in [6, 6.07) is 3.45. The number of carbonyl (C=O) groups excluding carboxylic acids is 2. The largest absolute Gasteiger partial charge is 0.475 e. The van der Waals surface area contributed by atoms with Gasteiger partial charge in [0.25, 0.3) is 0 Å². The highest BCUT2D eigenvalue weighted by atomic mass is 32.1. The van der Waals surface area contributed by atoms with E-state index in [2.05, 4.69) is 20.6 Å². The van der Waals surface area contributed by atoms with Gasteiger partial charge in [-0.05, 0) is 5.56 Å². The van der Waals surface area contributed by atoms with E-state index in [-0.39, 0.29) is 18.4 Å². The molecule has 1 aliphatic rings. The molecular weight excluding hydrogens is 370 g/mol.